The summed E-state index contributed by atoms with van der Waals surface area (Å²) < 4.78 is 0. The molecule has 7 heteroatoms. The number of rotatable bonds is 3. The molecule has 0 spiro atoms. The molecule has 0 aliphatic carbocycles. The van der Waals surface area contributed by atoms with Crippen molar-refractivity contribution >= 4 is 68.1 Å². The molecule has 0 atom stereocenters. The first-order valence-corrected chi connectivity index (χ1v) is 9.38. The van der Waals surface area contributed by atoms with Crippen LogP contribution >= 0.6 is 57.9 Å². The Morgan fingerprint density at radius 1 is 1.09 bits per heavy atom. The van der Waals surface area contributed by atoms with Gasteiger partial charge in [0.15, 0.2) is 0 Å². The Bertz CT molecular complexity index is 862. The zero-order chi connectivity index (χ0) is 15.9. The molecule has 0 N–H and O–H groups in total. The summed E-state index contributed by atoms with van der Waals surface area (Å²) in [6, 6.07) is 3.47. The van der Waals surface area contributed by atoms with Gasteiger partial charge in [-0.2, -0.15) is 0 Å². The molecule has 22 heavy (non-hydrogen) atoms. The van der Waals surface area contributed by atoms with E-state index in [0.717, 1.165) is 20.8 Å². The second-order valence-corrected chi connectivity index (χ2v) is 8.11. The van der Waals surface area contributed by atoms with Gasteiger partial charge < -0.3 is 0 Å². The second-order valence-electron chi connectivity index (χ2n) is 4.75. The van der Waals surface area contributed by atoms with E-state index in [2.05, 4.69) is 23.8 Å². The molecular formula is C15H11Cl3N2S2. The van der Waals surface area contributed by atoms with Crippen LogP contribution in [0.3, 0.4) is 0 Å². The standard InChI is InChI=1S/C15H11Cl3N2S2/c1-7-8(2)22-15-12(7)14(19-6-20-15)21-5-9-10(16)3-4-11(17)13(9)18/h3-4,6H,5H2,1-2H3. The highest BCUT2D eigenvalue weighted by atomic mass is 35.5. The molecule has 0 aliphatic rings. The zero-order valence-electron chi connectivity index (χ0n) is 11.8. The van der Waals surface area contributed by atoms with Crippen LogP contribution in [0.2, 0.25) is 15.1 Å². The predicted molar refractivity (Wildman–Crippen MR) is 97.9 cm³/mol. The lowest BCUT2D eigenvalue weighted by Gasteiger charge is -2.08. The molecular weight excluding hydrogens is 379 g/mol. The highest BCUT2D eigenvalue weighted by Gasteiger charge is 2.15. The third-order valence-electron chi connectivity index (χ3n) is 3.42. The molecule has 3 aromatic rings. The zero-order valence-corrected chi connectivity index (χ0v) is 15.7. The predicted octanol–water partition coefficient (Wildman–Crippen LogP) is 6.56. The maximum absolute atomic E-state index is 6.26. The number of thiophene rings is 1. The minimum absolute atomic E-state index is 0.505. The van der Waals surface area contributed by atoms with Crippen LogP contribution in [0.5, 0.6) is 0 Å². The smallest absolute Gasteiger partial charge is 0.128 e. The van der Waals surface area contributed by atoms with Crippen molar-refractivity contribution in [3.63, 3.8) is 0 Å². The summed E-state index contributed by atoms with van der Waals surface area (Å²) >= 11 is 21.8. The second kappa shape index (κ2) is 6.54. The van der Waals surface area contributed by atoms with Crippen LogP contribution in [0.4, 0.5) is 0 Å². The van der Waals surface area contributed by atoms with Crippen molar-refractivity contribution in [2.45, 2.75) is 24.6 Å². The Balaban J connectivity index is 1.97. The Morgan fingerprint density at radius 2 is 1.82 bits per heavy atom. The molecule has 1 aromatic carbocycles. The normalized spacial score (nSPS) is 11.3. The van der Waals surface area contributed by atoms with Gasteiger partial charge in [0.1, 0.15) is 16.2 Å². The van der Waals surface area contributed by atoms with Crippen LogP contribution < -0.4 is 0 Å². The van der Waals surface area contributed by atoms with Crippen LogP contribution in [-0.2, 0) is 5.75 Å². The molecule has 0 saturated carbocycles. The summed E-state index contributed by atoms with van der Waals surface area (Å²) in [5.74, 6) is 0.610. The summed E-state index contributed by atoms with van der Waals surface area (Å²) in [7, 11) is 0. The molecule has 0 fully saturated rings. The Kier molecular flexibility index (Phi) is 4.86. The maximum Gasteiger partial charge on any atom is 0.128 e. The van der Waals surface area contributed by atoms with Crippen molar-refractivity contribution in [3.8, 4) is 0 Å². The molecule has 2 nitrogen and oxygen atoms in total. The number of halogens is 3. The molecule has 2 heterocycles. The number of thioether (sulfide) groups is 1. The summed E-state index contributed by atoms with van der Waals surface area (Å²) in [4.78, 5) is 11.0. The molecule has 2 aromatic heterocycles. The van der Waals surface area contributed by atoms with E-state index >= 15 is 0 Å². The van der Waals surface area contributed by atoms with Crippen LogP contribution in [-0.4, -0.2) is 9.97 Å². The first-order chi connectivity index (χ1) is 10.5. The first-order valence-electron chi connectivity index (χ1n) is 6.45. The van der Waals surface area contributed by atoms with Gasteiger partial charge in [-0.05, 0) is 31.5 Å². The van der Waals surface area contributed by atoms with Crippen molar-refractivity contribution in [1.29, 1.82) is 0 Å². The number of nitrogens with zero attached hydrogens (tertiary/aromatic N) is 2. The number of benzene rings is 1. The Hall–Kier alpha value is -0.520. The van der Waals surface area contributed by atoms with Gasteiger partial charge in [0.25, 0.3) is 0 Å². The fraction of sp³-hybridized carbons (Fsp3) is 0.200. The largest absolute Gasteiger partial charge is 0.229 e. The van der Waals surface area contributed by atoms with Crippen LogP contribution in [0.15, 0.2) is 23.5 Å². The van der Waals surface area contributed by atoms with E-state index in [1.165, 1.54) is 10.4 Å². The van der Waals surface area contributed by atoms with Crippen molar-refractivity contribution in [1.82, 2.24) is 9.97 Å². The summed E-state index contributed by atoms with van der Waals surface area (Å²) in [5, 5.41) is 3.69. The molecule has 0 radical (unpaired) electrons. The maximum atomic E-state index is 6.26. The van der Waals surface area contributed by atoms with Gasteiger partial charge >= 0.3 is 0 Å². The van der Waals surface area contributed by atoms with Crippen molar-refractivity contribution in [2.24, 2.45) is 0 Å². The quantitative estimate of drug-likeness (QED) is 0.288. The fourth-order valence-electron chi connectivity index (χ4n) is 2.10. The highest BCUT2D eigenvalue weighted by Crippen LogP contribution is 2.39. The van der Waals surface area contributed by atoms with Crippen LogP contribution in [0, 0.1) is 13.8 Å². The number of hydrogen-bond donors (Lipinski definition) is 0. The molecule has 0 saturated heterocycles. The third-order valence-corrected chi connectivity index (χ3v) is 6.75. The van der Waals surface area contributed by atoms with Gasteiger partial charge in [0, 0.05) is 26.6 Å². The molecule has 114 valence electrons. The molecule has 0 bridgehead atoms. The van der Waals surface area contributed by atoms with Crippen molar-refractivity contribution in [3.05, 3.63) is 49.5 Å². The van der Waals surface area contributed by atoms with E-state index in [9.17, 15) is 0 Å². The van der Waals surface area contributed by atoms with Gasteiger partial charge in [-0.15, -0.1) is 23.1 Å². The topological polar surface area (TPSA) is 25.8 Å². The average molecular weight is 390 g/mol. The lowest BCUT2D eigenvalue weighted by molar-refractivity contribution is 1.10. The van der Waals surface area contributed by atoms with Gasteiger partial charge in [-0.1, -0.05) is 34.8 Å². The summed E-state index contributed by atoms with van der Waals surface area (Å²) in [6.45, 7) is 4.20. The van der Waals surface area contributed by atoms with Crippen LogP contribution in [0.1, 0.15) is 16.0 Å². The third kappa shape index (κ3) is 2.95. The molecule has 0 unspecified atom stereocenters. The number of aryl methyl sites for hydroxylation is 2. The minimum Gasteiger partial charge on any atom is -0.229 e. The fourth-order valence-corrected chi connectivity index (χ4v) is 5.10. The number of hydrogen-bond acceptors (Lipinski definition) is 4. The van der Waals surface area contributed by atoms with Crippen molar-refractivity contribution < 1.29 is 0 Å². The van der Waals surface area contributed by atoms with E-state index in [-0.39, 0.29) is 0 Å². The van der Waals surface area contributed by atoms with Gasteiger partial charge in [0.05, 0.1) is 10.0 Å². The van der Waals surface area contributed by atoms with E-state index in [1.807, 2.05) is 0 Å². The van der Waals surface area contributed by atoms with E-state index in [4.69, 9.17) is 34.8 Å². The lowest BCUT2D eigenvalue weighted by atomic mass is 10.2. The lowest BCUT2D eigenvalue weighted by Crippen LogP contribution is -1.89. The van der Waals surface area contributed by atoms with Gasteiger partial charge in [-0.25, -0.2) is 9.97 Å². The Labute approximate surface area is 151 Å². The minimum atomic E-state index is 0.505. The molecule has 0 amide bonds. The Morgan fingerprint density at radius 3 is 2.59 bits per heavy atom. The van der Waals surface area contributed by atoms with E-state index in [0.29, 0.717) is 20.8 Å². The number of fused-ring (bicyclic) bond motifs is 1. The molecule has 0 aliphatic heterocycles. The first kappa shape index (κ1) is 16.3. The SMILES string of the molecule is Cc1sc2ncnc(SCc3c(Cl)ccc(Cl)c3Cl)c2c1C. The summed E-state index contributed by atoms with van der Waals surface area (Å²) in [5.41, 5.74) is 2.06. The molecule has 3 rings (SSSR count). The highest BCUT2D eigenvalue weighted by molar-refractivity contribution is 7.98. The van der Waals surface area contributed by atoms with Crippen LogP contribution in [0.25, 0.3) is 10.2 Å². The van der Waals surface area contributed by atoms with Gasteiger partial charge in [0.2, 0.25) is 0 Å². The average Bonchev–Trinajstić information content (AvgIpc) is 2.79. The monoisotopic (exact) mass is 388 g/mol. The number of aromatic nitrogens is 2. The van der Waals surface area contributed by atoms with E-state index in [1.54, 1.807) is 41.6 Å². The van der Waals surface area contributed by atoms with Gasteiger partial charge in [-0.3, -0.25) is 0 Å². The van der Waals surface area contributed by atoms with E-state index < -0.39 is 0 Å². The summed E-state index contributed by atoms with van der Waals surface area (Å²) in [6.07, 6.45) is 1.60. The van der Waals surface area contributed by atoms with Crippen molar-refractivity contribution in [2.75, 3.05) is 0 Å².